The standard InChI is InChI=1S/C20H25N3O3/c1-14-17(11-21-22(14)2)18-16(9-10-26-18)19(24)23-12-20(13-23,25-3)15-7-5-4-6-8-15/h4-8,11,16,18H,9-10,12-13H2,1-3H3/t16-,18-/m0/s1. The van der Waals surface area contributed by atoms with E-state index in [-0.39, 0.29) is 17.9 Å². The largest absolute Gasteiger partial charge is 0.373 e. The highest BCUT2D eigenvalue weighted by Gasteiger charge is 2.50. The van der Waals surface area contributed by atoms with Crippen molar-refractivity contribution in [1.82, 2.24) is 14.7 Å². The van der Waals surface area contributed by atoms with Crippen molar-refractivity contribution in [3.05, 3.63) is 53.3 Å². The second-order valence-electron chi connectivity index (χ2n) is 7.25. The molecule has 26 heavy (non-hydrogen) atoms. The van der Waals surface area contributed by atoms with Crippen LogP contribution < -0.4 is 0 Å². The van der Waals surface area contributed by atoms with Gasteiger partial charge in [-0.3, -0.25) is 9.48 Å². The van der Waals surface area contributed by atoms with E-state index in [4.69, 9.17) is 9.47 Å². The summed E-state index contributed by atoms with van der Waals surface area (Å²) in [5.41, 5.74) is 2.79. The Labute approximate surface area is 153 Å². The van der Waals surface area contributed by atoms with Crippen molar-refractivity contribution in [2.24, 2.45) is 13.0 Å². The van der Waals surface area contributed by atoms with Crippen LogP contribution in [0.15, 0.2) is 36.5 Å². The summed E-state index contributed by atoms with van der Waals surface area (Å²) in [6.45, 7) is 3.79. The maximum atomic E-state index is 13.1. The second-order valence-corrected chi connectivity index (χ2v) is 7.25. The van der Waals surface area contributed by atoms with Crippen molar-refractivity contribution in [2.75, 3.05) is 26.8 Å². The molecule has 0 aliphatic carbocycles. The Balaban J connectivity index is 1.49. The molecule has 3 heterocycles. The van der Waals surface area contributed by atoms with Crippen molar-refractivity contribution in [3.8, 4) is 0 Å². The van der Waals surface area contributed by atoms with Crippen LogP contribution in [-0.2, 0) is 26.9 Å². The van der Waals surface area contributed by atoms with Crippen LogP contribution >= 0.6 is 0 Å². The first-order chi connectivity index (χ1) is 12.6. The first kappa shape index (κ1) is 17.2. The monoisotopic (exact) mass is 355 g/mol. The van der Waals surface area contributed by atoms with E-state index in [0.717, 1.165) is 23.2 Å². The second kappa shape index (κ2) is 6.52. The van der Waals surface area contributed by atoms with Crippen LogP contribution in [0, 0.1) is 12.8 Å². The molecule has 6 nitrogen and oxygen atoms in total. The van der Waals surface area contributed by atoms with E-state index in [2.05, 4.69) is 17.2 Å². The number of likely N-dealkylation sites (tertiary alicyclic amines) is 1. The van der Waals surface area contributed by atoms with Gasteiger partial charge in [-0.1, -0.05) is 30.3 Å². The Morgan fingerprint density at radius 1 is 1.31 bits per heavy atom. The third kappa shape index (κ3) is 2.64. The number of ether oxygens (including phenoxy) is 2. The van der Waals surface area contributed by atoms with E-state index in [0.29, 0.717) is 19.7 Å². The SMILES string of the molecule is COC1(c2ccccc2)CN(C(=O)[C@H]2CCO[C@@H]2c2cnn(C)c2C)C1. The van der Waals surface area contributed by atoms with E-state index in [9.17, 15) is 4.79 Å². The molecule has 138 valence electrons. The Morgan fingerprint density at radius 3 is 2.65 bits per heavy atom. The molecule has 1 aromatic carbocycles. The third-order valence-electron chi connectivity index (χ3n) is 5.88. The number of aryl methyl sites for hydroxylation is 1. The van der Waals surface area contributed by atoms with Crippen molar-refractivity contribution in [2.45, 2.75) is 25.0 Å². The molecule has 0 radical (unpaired) electrons. The Bertz CT molecular complexity index is 796. The highest BCUT2D eigenvalue weighted by Crippen LogP contribution is 2.41. The van der Waals surface area contributed by atoms with Crippen LogP contribution in [-0.4, -0.2) is 47.4 Å². The predicted molar refractivity (Wildman–Crippen MR) is 96.5 cm³/mol. The van der Waals surface area contributed by atoms with Crippen LogP contribution in [0.2, 0.25) is 0 Å². The molecule has 4 rings (SSSR count). The average Bonchev–Trinajstić information content (AvgIpc) is 3.23. The lowest BCUT2D eigenvalue weighted by molar-refractivity contribution is -0.170. The fraction of sp³-hybridized carbons (Fsp3) is 0.500. The normalized spacial score (nSPS) is 24.5. The van der Waals surface area contributed by atoms with Crippen molar-refractivity contribution < 1.29 is 14.3 Å². The lowest BCUT2D eigenvalue weighted by Gasteiger charge is -2.50. The minimum atomic E-state index is -0.393. The maximum Gasteiger partial charge on any atom is 0.228 e. The third-order valence-corrected chi connectivity index (χ3v) is 5.88. The number of methoxy groups -OCH3 is 1. The van der Waals surface area contributed by atoms with E-state index in [1.807, 2.05) is 47.9 Å². The first-order valence-electron chi connectivity index (χ1n) is 9.05. The van der Waals surface area contributed by atoms with Gasteiger partial charge >= 0.3 is 0 Å². The lowest BCUT2D eigenvalue weighted by Crippen LogP contribution is -2.63. The van der Waals surface area contributed by atoms with E-state index >= 15 is 0 Å². The smallest absolute Gasteiger partial charge is 0.228 e. The molecule has 0 saturated carbocycles. The maximum absolute atomic E-state index is 13.1. The summed E-state index contributed by atoms with van der Waals surface area (Å²) >= 11 is 0. The number of nitrogens with zero attached hydrogens (tertiary/aromatic N) is 3. The van der Waals surface area contributed by atoms with Gasteiger partial charge in [-0.2, -0.15) is 5.10 Å². The number of carbonyl (C=O) groups is 1. The zero-order valence-corrected chi connectivity index (χ0v) is 15.5. The highest BCUT2D eigenvalue weighted by molar-refractivity contribution is 5.81. The Hall–Kier alpha value is -2.18. The fourth-order valence-corrected chi connectivity index (χ4v) is 4.08. The molecular weight excluding hydrogens is 330 g/mol. The minimum absolute atomic E-state index is 0.150. The van der Waals surface area contributed by atoms with Gasteiger partial charge in [-0.15, -0.1) is 0 Å². The molecule has 1 aromatic heterocycles. The Morgan fingerprint density at radius 2 is 2.04 bits per heavy atom. The van der Waals surface area contributed by atoms with Gasteiger partial charge in [0.25, 0.3) is 0 Å². The fourth-order valence-electron chi connectivity index (χ4n) is 4.08. The number of rotatable bonds is 4. The predicted octanol–water partition coefficient (Wildman–Crippen LogP) is 2.19. The summed E-state index contributed by atoms with van der Waals surface area (Å²) in [4.78, 5) is 15.0. The molecule has 0 unspecified atom stereocenters. The van der Waals surface area contributed by atoms with E-state index in [1.54, 1.807) is 7.11 Å². The van der Waals surface area contributed by atoms with E-state index in [1.165, 1.54) is 0 Å². The zero-order valence-electron chi connectivity index (χ0n) is 15.5. The summed E-state index contributed by atoms with van der Waals surface area (Å²) in [5, 5.41) is 4.30. The lowest BCUT2D eigenvalue weighted by atomic mass is 9.83. The van der Waals surface area contributed by atoms with Gasteiger partial charge in [0, 0.05) is 32.0 Å². The number of hydrogen-bond donors (Lipinski definition) is 0. The summed E-state index contributed by atoms with van der Waals surface area (Å²) in [6.07, 6.45) is 2.37. The average molecular weight is 355 g/mol. The van der Waals surface area contributed by atoms with Crippen LogP contribution in [0.4, 0.5) is 0 Å². The molecule has 2 atom stereocenters. The molecule has 0 spiro atoms. The summed E-state index contributed by atoms with van der Waals surface area (Å²) in [5.74, 6) is 0.00267. The van der Waals surface area contributed by atoms with Crippen molar-refractivity contribution >= 4 is 5.91 Å². The molecule has 0 N–H and O–H groups in total. The number of amides is 1. The quantitative estimate of drug-likeness (QED) is 0.844. The molecule has 2 aromatic rings. The van der Waals surface area contributed by atoms with Gasteiger partial charge in [0.15, 0.2) is 0 Å². The van der Waals surface area contributed by atoms with Crippen molar-refractivity contribution in [3.63, 3.8) is 0 Å². The molecule has 6 heteroatoms. The topological polar surface area (TPSA) is 56.6 Å². The number of hydrogen-bond acceptors (Lipinski definition) is 4. The van der Waals surface area contributed by atoms with E-state index < -0.39 is 5.60 Å². The van der Waals surface area contributed by atoms with Gasteiger partial charge in [0.1, 0.15) is 5.60 Å². The molecule has 0 bridgehead atoms. The summed E-state index contributed by atoms with van der Waals surface area (Å²) < 4.78 is 13.5. The first-order valence-corrected chi connectivity index (χ1v) is 9.05. The van der Waals surface area contributed by atoms with Crippen molar-refractivity contribution in [1.29, 1.82) is 0 Å². The molecule has 2 saturated heterocycles. The van der Waals surface area contributed by atoms with Gasteiger partial charge in [0.05, 0.1) is 31.3 Å². The number of carbonyl (C=O) groups excluding carboxylic acids is 1. The van der Waals surface area contributed by atoms with Gasteiger partial charge in [0.2, 0.25) is 5.91 Å². The zero-order chi connectivity index (χ0) is 18.3. The van der Waals surface area contributed by atoms with Gasteiger partial charge in [-0.25, -0.2) is 0 Å². The number of aromatic nitrogens is 2. The summed E-state index contributed by atoms with van der Waals surface area (Å²) in [7, 11) is 3.63. The molecule has 1 amide bonds. The van der Waals surface area contributed by atoms with Crippen LogP contribution in [0.1, 0.15) is 29.3 Å². The van der Waals surface area contributed by atoms with Crippen LogP contribution in [0.3, 0.4) is 0 Å². The molecule has 2 aliphatic heterocycles. The van der Waals surface area contributed by atoms with Gasteiger partial charge < -0.3 is 14.4 Å². The summed E-state index contributed by atoms with van der Waals surface area (Å²) in [6, 6.07) is 10.1. The molecule has 2 aliphatic rings. The van der Waals surface area contributed by atoms with Crippen LogP contribution in [0.5, 0.6) is 0 Å². The molecule has 2 fully saturated rings. The number of benzene rings is 1. The molecular formula is C20H25N3O3. The van der Waals surface area contributed by atoms with Gasteiger partial charge in [-0.05, 0) is 18.9 Å². The highest BCUT2D eigenvalue weighted by atomic mass is 16.5. The Kier molecular flexibility index (Phi) is 4.32. The van der Waals surface area contributed by atoms with Crippen LogP contribution in [0.25, 0.3) is 0 Å². The minimum Gasteiger partial charge on any atom is -0.373 e.